The quantitative estimate of drug-likeness (QED) is 0.767. The number of carbonyl (C=O) groups excluding carboxylic acids is 1. The summed E-state index contributed by atoms with van der Waals surface area (Å²) in [6.07, 6.45) is 0. The van der Waals surface area contributed by atoms with Crippen LogP contribution in [0.15, 0.2) is 24.3 Å². The fourth-order valence-electron chi connectivity index (χ4n) is 2.06. The first-order valence-electron chi connectivity index (χ1n) is 5.74. The Morgan fingerprint density at radius 2 is 2.11 bits per heavy atom. The predicted octanol–water partition coefficient (Wildman–Crippen LogP) is 0.647. The summed E-state index contributed by atoms with van der Waals surface area (Å²) in [6.45, 7) is 1.55. The molecule has 0 aromatic heterocycles. The van der Waals surface area contributed by atoms with Gasteiger partial charge >= 0.3 is 0 Å². The maximum atomic E-state index is 12.0. The highest BCUT2D eigenvalue weighted by molar-refractivity contribution is 7.92. The Balaban J connectivity index is 2.42. The summed E-state index contributed by atoms with van der Waals surface area (Å²) >= 11 is 0. The highest BCUT2D eigenvalue weighted by atomic mass is 32.2. The molecule has 2 rings (SSSR count). The molecule has 0 saturated carbocycles. The first-order valence-corrected chi connectivity index (χ1v) is 7.35. The van der Waals surface area contributed by atoms with E-state index in [0.29, 0.717) is 5.69 Å². The van der Waals surface area contributed by atoms with Crippen LogP contribution in [0.3, 0.4) is 0 Å². The van der Waals surface area contributed by atoms with Gasteiger partial charge in [-0.15, -0.1) is 0 Å². The van der Waals surface area contributed by atoms with Crippen LogP contribution in [0.1, 0.15) is 18.5 Å². The second-order valence-corrected chi connectivity index (χ2v) is 6.25. The minimum absolute atomic E-state index is 0.155. The summed E-state index contributed by atoms with van der Waals surface area (Å²) in [5.74, 6) is 4.22. The molecule has 0 saturated heterocycles. The van der Waals surface area contributed by atoms with Crippen molar-refractivity contribution in [3.8, 4) is 11.8 Å². The number of fused-ring (bicyclic) bond motifs is 1. The number of carbonyl (C=O) groups is 1. The zero-order valence-electron chi connectivity index (χ0n) is 10.7. The number of nitrogens with zero attached hydrogens (tertiary/aromatic N) is 1. The fraction of sp³-hybridized carbons (Fsp3) is 0.308. The van der Waals surface area contributed by atoms with Crippen LogP contribution in [0.2, 0.25) is 0 Å². The van der Waals surface area contributed by atoms with Crippen molar-refractivity contribution in [3.63, 3.8) is 0 Å². The van der Waals surface area contributed by atoms with Crippen molar-refractivity contribution < 1.29 is 13.2 Å². The Hall–Kier alpha value is -2.00. The number of rotatable bonds is 1. The van der Waals surface area contributed by atoms with Crippen LogP contribution in [0, 0.1) is 11.8 Å². The van der Waals surface area contributed by atoms with Gasteiger partial charge in [0.15, 0.2) is 0 Å². The third kappa shape index (κ3) is 2.56. The molecule has 6 heteroatoms. The molecule has 19 heavy (non-hydrogen) atoms. The lowest BCUT2D eigenvalue weighted by molar-refractivity contribution is -0.116. The predicted molar refractivity (Wildman–Crippen MR) is 73.0 cm³/mol. The third-order valence-electron chi connectivity index (χ3n) is 2.99. The van der Waals surface area contributed by atoms with Crippen molar-refractivity contribution >= 4 is 21.6 Å². The van der Waals surface area contributed by atoms with E-state index in [1.807, 2.05) is 12.1 Å². The smallest absolute Gasteiger partial charge is 0.296 e. The number of anilines is 1. The lowest BCUT2D eigenvalue weighted by atomic mass is 10.1. The number of amides is 1. The van der Waals surface area contributed by atoms with E-state index >= 15 is 0 Å². The van der Waals surface area contributed by atoms with E-state index in [1.165, 1.54) is 11.4 Å². The van der Waals surface area contributed by atoms with Gasteiger partial charge in [0.2, 0.25) is 10.0 Å². The summed E-state index contributed by atoms with van der Waals surface area (Å²) in [7, 11) is -1.90. The molecule has 1 aromatic carbocycles. The minimum atomic E-state index is -3.41. The molecule has 0 fully saturated rings. The molecule has 100 valence electrons. The van der Waals surface area contributed by atoms with Gasteiger partial charge in [-0.05, 0) is 24.5 Å². The number of nitrogens with one attached hydrogen (secondary N) is 1. The highest BCUT2D eigenvalue weighted by Gasteiger charge is 2.34. The van der Waals surface area contributed by atoms with E-state index < -0.39 is 22.0 Å². The number of para-hydroxylation sites is 1. The topological polar surface area (TPSA) is 66.5 Å². The molecule has 0 spiro atoms. The maximum Gasteiger partial charge on any atom is 0.296 e. The van der Waals surface area contributed by atoms with Gasteiger partial charge < -0.3 is 5.32 Å². The SMILES string of the molecule is CC#CC(=O)NC1CS(=O)(=O)N(C)c2ccccc21. The molecule has 5 nitrogen and oxygen atoms in total. The highest BCUT2D eigenvalue weighted by Crippen LogP contribution is 2.33. The molecular formula is C13H14N2O3S. The fourth-order valence-corrected chi connectivity index (χ4v) is 3.43. The van der Waals surface area contributed by atoms with Crippen molar-refractivity contribution in [2.45, 2.75) is 13.0 Å². The average Bonchev–Trinajstić information content (AvgIpc) is 2.36. The second-order valence-electron chi connectivity index (χ2n) is 4.21. The van der Waals surface area contributed by atoms with Crippen LogP contribution < -0.4 is 9.62 Å². The zero-order valence-corrected chi connectivity index (χ0v) is 11.5. The monoisotopic (exact) mass is 278 g/mol. The van der Waals surface area contributed by atoms with Crippen molar-refractivity contribution in [1.29, 1.82) is 0 Å². The summed E-state index contributed by atoms with van der Waals surface area (Å²) in [5.41, 5.74) is 1.37. The summed E-state index contributed by atoms with van der Waals surface area (Å²) < 4.78 is 25.3. The Morgan fingerprint density at radius 3 is 2.79 bits per heavy atom. The second kappa shape index (κ2) is 4.94. The van der Waals surface area contributed by atoms with E-state index in [0.717, 1.165) is 5.56 Å². The molecule has 0 radical (unpaired) electrons. The van der Waals surface area contributed by atoms with Gasteiger partial charge in [-0.2, -0.15) is 0 Å². The van der Waals surface area contributed by atoms with Gasteiger partial charge in [-0.25, -0.2) is 8.42 Å². The summed E-state index contributed by atoms with van der Waals surface area (Å²) in [6, 6.07) is 6.54. The molecule has 1 aliphatic rings. The van der Waals surface area contributed by atoms with Gasteiger partial charge in [-0.3, -0.25) is 9.10 Å². The number of benzene rings is 1. The lowest BCUT2D eigenvalue weighted by Crippen LogP contribution is -2.42. The third-order valence-corrected chi connectivity index (χ3v) is 4.78. The lowest BCUT2D eigenvalue weighted by Gasteiger charge is -2.32. The van der Waals surface area contributed by atoms with Crippen molar-refractivity contribution in [1.82, 2.24) is 5.32 Å². The molecule has 0 bridgehead atoms. The minimum Gasteiger partial charge on any atom is -0.337 e. The van der Waals surface area contributed by atoms with Gasteiger partial charge in [0.25, 0.3) is 5.91 Å². The zero-order chi connectivity index (χ0) is 14.0. The molecular weight excluding hydrogens is 264 g/mol. The van der Waals surface area contributed by atoms with Crippen LogP contribution in [0.5, 0.6) is 0 Å². The Kier molecular flexibility index (Phi) is 3.49. The van der Waals surface area contributed by atoms with E-state index in [9.17, 15) is 13.2 Å². The van der Waals surface area contributed by atoms with Gasteiger partial charge in [0, 0.05) is 7.05 Å². The molecule has 1 aliphatic heterocycles. The van der Waals surface area contributed by atoms with Crippen molar-refractivity contribution in [2.75, 3.05) is 17.1 Å². The van der Waals surface area contributed by atoms with E-state index in [-0.39, 0.29) is 5.75 Å². The van der Waals surface area contributed by atoms with E-state index in [2.05, 4.69) is 17.2 Å². The Labute approximate surface area is 112 Å². The van der Waals surface area contributed by atoms with E-state index in [4.69, 9.17) is 0 Å². The van der Waals surface area contributed by atoms with Crippen LogP contribution in [-0.2, 0) is 14.8 Å². The molecule has 1 amide bonds. The van der Waals surface area contributed by atoms with Gasteiger partial charge in [-0.1, -0.05) is 24.1 Å². The summed E-state index contributed by atoms with van der Waals surface area (Å²) in [5, 5.41) is 2.63. The molecule has 1 atom stereocenters. The van der Waals surface area contributed by atoms with Crippen LogP contribution in [0.25, 0.3) is 0 Å². The van der Waals surface area contributed by atoms with Crippen LogP contribution >= 0.6 is 0 Å². The largest absolute Gasteiger partial charge is 0.337 e. The number of hydrogen-bond acceptors (Lipinski definition) is 3. The van der Waals surface area contributed by atoms with E-state index in [1.54, 1.807) is 19.1 Å². The molecule has 1 heterocycles. The molecule has 0 aliphatic carbocycles. The van der Waals surface area contributed by atoms with Crippen LogP contribution in [0.4, 0.5) is 5.69 Å². The molecule has 1 aromatic rings. The average molecular weight is 278 g/mol. The normalized spacial score (nSPS) is 19.9. The summed E-state index contributed by atoms with van der Waals surface area (Å²) in [4.78, 5) is 11.5. The van der Waals surface area contributed by atoms with Crippen LogP contribution in [-0.4, -0.2) is 27.1 Å². The molecule has 1 unspecified atom stereocenters. The number of sulfonamides is 1. The van der Waals surface area contributed by atoms with Crippen molar-refractivity contribution in [3.05, 3.63) is 29.8 Å². The van der Waals surface area contributed by atoms with Crippen molar-refractivity contribution in [2.24, 2.45) is 0 Å². The first-order chi connectivity index (χ1) is 8.95. The van der Waals surface area contributed by atoms with Gasteiger partial charge in [0.1, 0.15) is 0 Å². The maximum absolute atomic E-state index is 12.0. The standard InChI is InChI=1S/C13H14N2O3S/c1-3-6-13(16)14-11-9-19(17,18)15(2)12-8-5-4-7-10(11)12/h4-5,7-8,11H,9H2,1-2H3,(H,14,16). The Morgan fingerprint density at radius 1 is 1.42 bits per heavy atom. The first kappa shape index (κ1) is 13.4. The Bertz CT molecular complexity index is 671. The van der Waals surface area contributed by atoms with Gasteiger partial charge in [0.05, 0.1) is 17.5 Å². The number of hydrogen-bond donors (Lipinski definition) is 1. The molecule has 1 N–H and O–H groups in total.